The van der Waals surface area contributed by atoms with Crippen molar-refractivity contribution in [3.63, 3.8) is 0 Å². The van der Waals surface area contributed by atoms with Crippen molar-refractivity contribution < 1.29 is 4.79 Å². The molecule has 3 aromatic rings. The van der Waals surface area contributed by atoms with Crippen LogP contribution in [0.2, 0.25) is 0 Å². The Balaban J connectivity index is 1.86. The van der Waals surface area contributed by atoms with Gasteiger partial charge in [-0.2, -0.15) is 0 Å². The summed E-state index contributed by atoms with van der Waals surface area (Å²) in [7, 11) is 0. The molecule has 25 heavy (non-hydrogen) atoms. The number of hydrogen-bond donors (Lipinski definition) is 1. The molecular weight excluding hydrogens is 312 g/mol. The Labute approximate surface area is 148 Å². The van der Waals surface area contributed by atoms with Gasteiger partial charge >= 0.3 is 0 Å². The van der Waals surface area contributed by atoms with Crippen LogP contribution < -0.4 is 5.32 Å². The summed E-state index contributed by atoms with van der Waals surface area (Å²) < 4.78 is 1.99. The van der Waals surface area contributed by atoms with E-state index >= 15 is 0 Å². The van der Waals surface area contributed by atoms with Crippen LogP contribution in [0.1, 0.15) is 35.5 Å². The normalized spacial score (nSPS) is 12.5. The lowest BCUT2D eigenvalue weighted by molar-refractivity contribution is 0.0919. The quantitative estimate of drug-likeness (QED) is 0.776. The van der Waals surface area contributed by atoms with Gasteiger partial charge in [-0.1, -0.05) is 25.5 Å². The molecule has 2 aromatic heterocycles. The lowest BCUT2D eigenvalue weighted by Gasteiger charge is -2.23. The first-order valence-corrected chi connectivity index (χ1v) is 8.58. The van der Waals surface area contributed by atoms with Gasteiger partial charge in [0.1, 0.15) is 0 Å². The first-order valence-electron chi connectivity index (χ1n) is 8.58. The van der Waals surface area contributed by atoms with Crippen LogP contribution in [-0.4, -0.2) is 26.5 Å². The Morgan fingerprint density at radius 1 is 1.24 bits per heavy atom. The van der Waals surface area contributed by atoms with Crippen LogP contribution in [0.3, 0.4) is 0 Å². The molecular formula is C20H24N4O. The fourth-order valence-electron chi connectivity index (χ4n) is 2.91. The maximum absolute atomic E-state index is 12.9. The van der Waals surface area contributed by atoms with Crippen molar-refractivity contribution in [3.05, 3.63) is 59.8 Å². The summed E-state index contributed by atoms with van der Waals surface area (Å²) >= 11 is 0. The molecule has 1 atom stereocenters. The van der Waals surface area contributed by atoms with Gasteiger partial charge in [-0.15, -0.1) is 0 Å². The number of aryl methyl sites for hydroxylation is 2. The van der Waals surface area contributed by atoms with E-state index in [4.69, 9.17) is 0 Å². The molecule has 130 valence electrons. The summed E-state index contributed by atoms with van der Waals surface area (Å²) in [5, 5.41) is 4.16. The van der Waals surface area contributed by atoms with Crippen LogP contribution in [0.25, 0.3) is 10.9 Å². The number of pyridine rings is 1. The van der Waals surface area contributed by atoms with Gasteiger partial charge in [0.15, 0.2) is 0 Å². The number of nitrogens with one attached hydrogen (secondary N) is 1. The second kappa shape index (κ2) is 7.05. The van der Waals surface area contributed by atoms with Crippen LogP contribution in [0, 0.1) is 19.8 Å². The van der Waals surface area contributed by atoms with Crippen LogP contribution in [-0.2, 0) is 6.54 Å². The van der Waals surface area contributed by atoms with Crippen LogP contribution in [0.4, 0.5) is 0 Å². The number of fused-ring (bicyclic) bond motifs is 1. The molecule has 2 heterocycles. The van der Waals surface area contributed by atoms with Gasteiger partial charge in [0.2, 0.25) is 0 Å². The first kappa shape index (κ1) is 17.1. The molecule has 0 saturated carbocycles. The number of hydrogen-bond acceptors (Lipinski definition) is 3. The molecule has 5 heteroatoms. The predicted molar refractivity (Wildman–Crippen MR) is 99.5 cm³/mol. The van der Waals surface area contributed by atoms with Crippen LogP contribution in [0.5, 0.6) is 0 Å². The summed E-state index contributed by atoms with van der Waals surface area (Å²) in [6, 6.07) is 8.05. The van der Waals surface area contributed by atoms with Crippen molar-refractivity contribution in [1.82, 2.24) is 19.9 Å². The monoisotopic (exact) mass is 336 g/mol. The lowest BCUT2D eigenvalue weighted by Crippen LogP contribution is -2.41. The van der Waals surface area contributed by atoms with Gasteiger partial charge in [-0.3, -0.25) is 9.78 Å². The lowest BCUT2D eigenvalue weighted by atomic mass is 10.0. The zero-order valence-electron chi connectivity index (χ0n) is 15.2. The van der Waals surface area contributed by atoms with Crippen molar-refractivity contribution in [1.29, 1.82) is 0 Å². The standard InChI is InChI=1S/C20H24N4O/c1-13(2)19(11-24-8-7-21-12-24)23-20(25)17-10-16-9-14(3)5-6-18(16)22-15(17)4/h5-10,12-13,19H,11H2,1-4H3,(H,23,25). The van der Waals surface area contributed by atoms with Gasteiger partial charge in [-0.25, -0.2) is 4.98 Å². The minimum absolute atomic E-state index is 0.0225. The largest absolute Gasteiger partial charge is 0.347 e. The zero-order valence-corrected chi connectivity index (χ0v) is 15.2. The minimum atomic E-state index is -0.0766. The molecule has 1 unspecified atom stereocenters. The second-order valence-corrected chi connectivity index (χ2v) is 6.90. The molecule has 3 rings (SSSR count). The van der Waals surface area contributed by atoms with Crippen LogP contribution >= 0.6 is 0 Å². The first-order chi connectivity index (χ1) is 11.9. The van der Waals surface area contributed by atoms with Gasteiger partial charge in [0, 0.05) is 30.4 Å². The van der Waals surface area contributed by atoms with E-state index in [0.717, 1.165) is 22.2 Å². The summed E-state index contributed by atoms with van der Waals surface area (Å²) in [5.74, 6) is 0.231. The van der Waals surface area contributed by atoms with Gasteiger partial charge in [-0.05, 0) is 38.0 Å². The number of carbonyl (C=O) groups excluding carboxylic acids is 1. The molecule has 0 saturated heterocycles. The number of nitrogens with zero attached hydrogens (tertiary/aromatic N) is 3. The average molecular weight is 336 g/mol. The molecule has 0 radical (unpaired) electrons. The fraction of sp³-hybridized carbons (Fsp3) is 0.350. The Morgan fingerprint density at radius 3 is 2.72 bits per heavy atom. The van der Waals surface area contributed by atoms with Crippen molar-refractivity contribution in [2.45, 2.75) is 40.3 Å². The van der Waals surface area contributed by atoms with E-state index in [1.54, 1.807) is 12.5 Å². The van der Waals surface area contributed by atoms with Crippen molar-refractivity contribution in [2.24, 2.45) is 5.92 Å². The third-order valence-electron chi connectivity index (χ3n) is 4.49. The van der Waals surface area contributed by atoms with E-state index in [0.29, 0.717) is 18.0 Å². The third kappa shape index (κ3) is 3.87. The minimum Gasteiger partial charge on any atom is -0.347 e. The molecule has 1 amide bonds. The number of carbonyl (C=O) groups is 1. The highest BCUT2D eigenvalue weighted by atomic mass is 16.1. The topological polar surface area (TPSA) is 59.8 Å². The molecule has 5 nitrogen and oxygen atoms in total. The Hall–Kier alpha value is -2.69. The van der Waals surface area contributed by atoms with E-state index in [1.807, 2.05) is 42.8 Å². The van der Waals surface area contributed by atoms with Crippen molar-refractivity contribution in [3.8, 4) is 0 Å². The molecule has 1 aromatic carbocycles. The zero-order chi connectivity index (χ0) is 18.0. The number of rotatable bonds is 5. The van der Waals surface area contributed by atoms with Crippen molar-refractivity contribution in [2.75, 3.05) is 0 Å². The van der Waals surface area contributed by atoms with E-state index in [1.165, 1.54) is 0 Å². The predicted octanol–water partition coefficient (Wildman–Crippen LogP) is 3.50. The van der Waals surface area contributed by atoms with Crippen LogP contribution in [0.15, 0.2) is 43.0 Å². The summed E-state index contributed by atoms with van der Waals surface area (Å²) in [5.41, 5.74) is 3.46. The van der Waals surface area contributed by atoms with Gasteiger partial charge < -0.3 is 9.88 Å². The Morgan fingerprint density at radius 2 is 2.04 bits per heavy atom. The van der Waals surface area contributed by atoms with Crippen molar-refractivity contribution >= 4 is 16.8 Å². The molecule has 0 aliphatic carbocycles. The molecule has 0 aliphatic rings. The second-order valence-electron chi connectivity index (χ2n) is 6.90. The highest BCUT2D eigenvalue weighted by molar-refractivity contribution is 5.98. The number of imidazole rings is 1. The van der Waals surface area contributed by atoms with E-state index in [-0.39, 0.29) is 11.9 Å². The summed E-state index contributed by atoms with van der Waals surface area (Å²) in [6.07, 6.45) is 5.43. The SMILES string of the molecule is Cc1ccc2nc(C)c(C(=O)NC(Cn3ccnc3)C(C)C)cc2c1. The Bertz CT molecular complexity index is 884. The molecule has 0 bridgehead atoms. The molecule has 0 spiro atoms. The van der Waals surface area contributed by atoms with E-state index in [9.17, 15) is 4.79 Å². The maximum Gasteiger partial charge on any atom is 0.253 e. The van der Waals surface area contributed by atoms with E-state index in [2.05, 4.69) is 35.2 Å². The summed E-state index contributed by atoms with van der Waals surface area (Å²) in [4.78, 5) is 21.5. The van der Waals surface area contributed by atoms with E-state index < -0.39 is 0 Å². The molecule has 0 fully saturated rings. The maximum atomic E-state index is 12.9. The smallest absolute Gasteiger partial charge is 0.253 e. The average Bonchev–Trinajstić information content (AvgIpc) is 3.07. The number of amides is 1. The van der Waals surface area contributed by atoms with Gasteiger partial charge in [0.05, 0.1) is 23.1 Å². The Kier molecular flexibility index (Phi) is 4.83. The molecule has 0 aliphatic heterocycles. The van der Waals surface area contributed by atoms with Gasteiger partial charge in [0.25, 0.3) is 5.91 Å². The summed E-state index contributed by atoms with van der Waals surface area (Å²) in [6.45, 7) is 8.84. The number of benzene rings is 1. The highest BCUT2D eigenvalue weighted by Gasteiger charge is 2.19. The molecule has 1 N–H and O–H groups in total. The fourth-order valence-corrected chi connectivity index (χ4v) is 2.91. The highest BCUT2D eigenvalue weighted by Crippen LogP contribution is 2.18. The number of aromatic nitrogens is 3. The third-order valence-corrected chi connectivity index (χ3v) is 4.49.